The van der Waals surface area contributed by atoms with Crippen molar-refractivity contribution in [2.24, 2.45) is 0 Å². The molecule has 1 atom stereocenters. The molecule has 0 aliphatic carbocycles. The van der Waals surface area contributed by atoms with Crippen LogP contribution in [0.1, 0.15) is 78.1 Å². The number of para-hydroxylation sites is 2. The first-order chi connectivity index (χ1) is 21.0. The third-order valence-electron chi connectivity index (χ3n) is 8.50. The summed E-state index contributed by atoms with van der Waals surface area (Å²) in [4.78, 5) is 41.9. The van der Waals surface area contributed by atoms with E-state index in [2.05, 4.69) is 43.6 Å². The highest BCUT2D eigenvalue weighted by Gasteiger charge is 2.39. The second kappa shape index (κ2) is 10.8. The Morgan fingerprint density at radius 3 is 2.44 bits per heavy atom. The first-order valence-corrected chi connectivity index (χ1v) is 15.5. The minimum Gasteiger partial charge on any atom is -0.451 e. The normalized spacial score (nSPS) is 20.4. The second-order valence-electron chi connectivity index (χ2n) is 14.8. The number of nitrogens with zero attached hydrogens (tertiary/aromatic N) is 2. The molecule has 1 unspecified atom stereocenters. The largest absolute Gasteiger partial charge is 0.451 e. The smallest absolute Gasteiger partial charge is 0.407 e. The Hall–Kier alpha value is -4.12. The molecule has 0 saturated carbocycles. The summed E-state index contributed by atoms with van der Waals surface area (Å²) in [6.07, 6.45) is 2.98. The average molecular weight is 620 g/mol. The summed E-state index contributed by atoms with van der Waals surface area (Å²) < 4.78 is 29.6. The SMILES string of the molecule is CC1(C)CC(NC(=O)c2cn3c4c(c(N5CCC(NC(=O)OC(C)(C)C)C5)c(F)cc4c2=O)Oc2ccccc2-3)CC(C)(C)N1. The number of pyridine rings is 1. The molecule has 3 aromatic rings. The third-order valence-corrected chi connectivity index (χ3v) is 8.50. The van der Waals surface area contributed by atoms with Gasteiger partial charge in [0, 0.05) is 36.4 Å². The van der Waals surface area contributed by atoms with Crippen molar-refractivity contribution in [2.75, 3.05) is 18.0 Å². The van der Waals surface area contributed by atoms with Crippen LogP contribution in [0.2, 0.25) is 0 Å². The number of carbonyl (C=O) groups is 2. The Balaban J connectivity index is 1.38. The number of halogens is 1. The number of piperidine rings is 1. The zero-order valence-corrected chi connectivity index (χ0v) is 27.0. The maximum atomic E-state index is 16.1. The minimum absolute atomic E-state index is 0.0574. The minimum atomic E-state index is -0.641. The summed E-state index contributed by atoms with van der Waals surface area (Å²) in [7, 11) is 0. The molecule has 2 fully saturated rings. The number of hydrogen-bond acceptors (Lipinski definition) is 7. The highest BCUT2D eigenvalue weighted by atomic mass is 19.1. The molecular formula is C34H42FN5O5. The molecule has 10 nitrogen and oxygen atoms in total. The van der Waals surface area contributed by atoms with Gasteiger partial charge in [0.25, 0.3) is 5.91 Å². The number of amides is 2. The van der Waals surface area contributed by atoms with Gasteiger partial charge in [0.15, 0.2) is 17.3 Å². The highest BCUT2D eigenvalue weighted by molar-refractivity contribution is 6.01. The Kier molecular flexibility index (Phi) is 7.38. The molecule has 2 aromatic carbocycles. The summed E-state index contributed by atoms with van der Waals surface area (Å²) >= 11 is 0. The second-order valence-corrected chi connectivity index (χ2v) is 14.8. The van der Waals surface area contributed by atoms with Crippen molar-refractivity contribution >= 4 is 28.6 Å². The number of benzene rings is 2. The Morgan fingerprint density at radius 2 is 1.76 bits per heavy atom. The maximum Gasteiger partial charge on any atom is 0.407 e. The maximum absolute atomic E-state index is 16.1. The van der Waals surface area contributed by atoms with Crippen LogP contribution in [0.5, 0.6) is 11.5 Å². The first kappa shape index (κ1) is 30.9. The molecule has 11 heteroatoms. The molecule has 45 heavy (non-hydrogen) atoms. The fourth-order valence-electron chi connectivity index (χ4n) is 7.25. The van der Waals surface area contributed by atoms with E-state index in [1.54, 1.807) is 37.6 Å². The molecule has 3 aliphatic heterocycles. The lowest BCUT2D eigenvalue weighted by atomic mass is 9.79. The molecule has 2 saturated heterocycles. The van der Waals surface area contributed by atoms with Crippen LogP contribution < -0.4 is 31.0 Å². The standard InChI is InChI=1S/C34H42FN5O5/c1-32(2,3)45-31(43)37-19-12-13-39(17-19)27-23(35)14-21-26-29(27)44-25-11-9-8-10-24(25)40(26)18-22(28(21)41)30(42)36-20-15-33(4,5)38-34(6,7)16-20/h8-11,14,18-20,38H,12-13,15-17H2,1-7H3,(H,36,42)(H,37,43). The zero-order chi connectivity index (χ0) is 32.5. The predicted octanol–water partition coefficient (Wildman–Crippen LogP) is 5.38. The predicted molar refractivity (Wildman–Crippen MR) is 171 cm³/mol. The van der Waals surface area contributed by atoms with Crippen molar-refractivity contribution in [1.29, 1.82) is 0 Å². The Morgan fingerprint density at radius 1 is 1.07 bits per heavy atom. The van der Waals surface area contributed by atoms with Gasteiger partial charge >= 0.3 is 6.09 Å². The quantitative estimate of drug-likeness (QED) is 0.281. The summed E-state index contributed by atoms with van der Waals surface area (Å²) in [5.41, 5.74) is -0.442. The van der Waals surface area contributed by atoms with Gasteiger partial charge in [-0.15, -0.1) is 0 Å². The number of anilines is 1. The van der Waals surface area contributed by atoms with E-state index in [9.17, 15) is 14.4 Å². The monoisotopic (exact) mass is 619 g/mol. The Labute approximate surface area is 262 Å². The van der Waals surface area contributed by atoms with Crippen LogP contribution in [0.4, 0.5) is 14.9 Å². The van der Waals surface area contributed by atoms with Crippen LogP contribution in [-0.2, 0) is 4.74 Å². The van der Waals surface area contributed by atoms with Crippen molar-refractivity contribution in [3.8, 4) is 17.2 Å². The molecular weight excluding hydrogens is 577 g/mol. The van der Waals surface area contributed by atoms with Gasteiger partial charge in [0.2, 0.25) is 5.43 Å². The van der Waals surface area contributed by atoms with E-state index >= 15 is 4.39 Å². The van der Waals surface area contributed by atoms with Crippen LogP contribution >= 0.6 is 0 Å². The van der Waals surface area contributed by atoms with Crippen LogP contribution in [0.15, 0.2) is 41.3 Å². The van der Waals surface area contributed by atoms with Crippen molar-refractivity contribution in [3.63, 3.8) is 0 Å². The molecule has 240 valence electrons. The topological polar surface area (TPSA) is 114 Å². The van der Waals surface area contributed by atoms with Crippen LogP contribution in [-0.4, -0.2) is 58.4 Å². The van der Waals surface area contributed by atoms with E-state index in [-0.39, 0.29) is 45.5 Å². The van der Waals surface area contributed by atoms with Gasteiger partial charge in [-0.1, -0.05) is 12.1 Å². The van der Waals surface area contributed by atoms with Crippen LogP contribution in [0.25, 0.3) is 16.6 Å². The summed E-state index contributed by atoms with van der Waals surface area (Å²) in [6, 6.07) is 8.04. The lowest BCUT2D eigenvalue weighted by molar-refractivity contribution is 0.0508. The van der Waals surface area contributed by atoms with Crippen molar-refractivity contribution in [2.45, 2.75) is 96.5 Å². The van der Waals surface area contributed by atoms with E-state index in [1.165, 1.54) is 6.07 Å². The van der Waals surface area contributed by atoms with Crippen molar-refractivity contribution in [3.05, 3.63) is 58.1 Å². The number of ether oxygens (including phenoxy) is 2. The zero-order valence-electron chi connectivity index (χ0n) is 27.0. The Bertz CT molecular complexity index is 1740. The number of carbonyl (C=O) groups excluding carboxylic acids is 2. The van der Waals surface area contributed by atoms with Crippen molar-refractivity contribution in [1.82, 2.24) is 20.5 Å². The van der Waals surface area contributed by atoms with Crippen molar-refractivity contribution < 1.29 is 23.5 Å². The summed E-state index contributed by atoms with van der Waals surface area (Å²) in [5, 5.41) is 9.63. The van der Waals surface area contributed by atoms with E-state index in [4.69, 9.17) is 9.47 Å². The van der Waals surface area contributed by atoms with Crippen LogP contribution in [0.3, 0.4) is 0 Å². The first-order valence-electron chi connectivity index (χ1n) is 15.5. The molecule has 4 heterocycles. The van der Waals surface area contributed by atoms with Crippen LogP contribution in [0, 0.1) is 5.82 Å². The third kappa shape index (κ3) is 6.10. The lowest BCUT2D eigenvalue weighted by Crippen LogP contribution is -2.62. The lowest BCUT2D eigenvalue weighted by Gasteiger charge is -2.46. The number of nitrogens with one attached hydrogen (secondary N) is 3. The number of fused-ring (bicyclic) bond motifs is 2. The van der Waals surface area contributed by atoms with Gasteiger partial charge in [-0.05, 0) is 85.9 Å². The molecule has 3 N–H and O–H groups in total. The van der Waals surface area contributed by atoms with Gasteiger partial charge < -0.3 is 34.9 Å². The molecule has 6 rings (SSSR count). The molecule has 3 aliphatic rings. The fraction of sp³-hybridized carbons (Fsp3) is 0.500. The number of hydrogen-bond donors (Lipinski definition) is 3. The summed E-state index contributed by atoms with van der Waals surface area (Å²) in [6.45, 7) is 14.5. The number of rotatable bonds is 4. The fourth-order valence-corrected chi connectivity index (χ4v) is 7.25. The molecule has 0 radical (unpaired) electrons. The highest BCUT2D eigenvalue weighted by Crippen LogP contribution is 2.47. The van der Waals surface area contributed by atoms with Gasteiger partial charge in [-0.25, -0.2) is 9.18 Å². The van der Waals surface area contributed by atoms with E-state index in [0.717, 1.165) is 0 Å². The average Bonchev–Trinajstić information content (AvgIpc) is 3.34. The van der Waals surface area contributed by atoms with Gasteiger partial charge in [0.1, 0.15) is 22.4 Å². The molecule has 0 spiro atoms. The van der Waals surface area contributed by atoms with Gasteiger partial charge in [-0.2, -0.15) is 0 Å². The number of aromatic nitrogens is 1. The molecule has 1 aromatic heterocycles. The molecule has 0 bridgehead atoms. The van der Waals surface area contributed by atoms with Gasteiger partial charge in [-0.3, -0.25) is 9.59 Å². The van der Waals surface area contributed by atoms with E-state index < -0.39 is 28.8 Å². The summed E-state index contributed by atoms with van der Waals surface area (Å²) in [5.74, 6) is -0.460. The van der Waals surface area contributed by atoms with Gasteiger partial charge in [0.05, 0.1) is 17.1 Å². The number of alkyl carbamates (subject to hydrolysis) is 1. The van der Waals surface area contributed by atoms with E-state index in [1.807, 2.05) is 23.1 Å². The van der Waals surface area contributed by atoms with E-state index in [0.29, 0.717) is 49.3 Å². The molecule has 2 amide bonds.